The summed E-state index contributed by atoms with van der Waals surface area (Å²) >= 11 is 1.17. The Hall–Kier alpha value is -2.94. The van der Waals surface area contributed by atoms with Gasteiger partial charge in [-0.05, 0) is 37.8 Å². The van der Waals surface area contributed by atoms with E-state index >= 15 is 0 Å². The van der Waals surface area contributed by atoms with Gasteiger partial charge in [-0.1, -0.05) is 16.5 Å². The molecule has 4 atom stereocenters. The average Bonchev–Trinajstić information content (AvgIpc) is 3.40. The van der Waals surface area contributed by atoms with Crippen molar-refractivity contribution in [1.29, 1.82) is 0 Å². The molecule has 4 fully saturated rings. The van der Waals surface area contributed by atoms with Crippen molar-refractivity contribution in [3.63, 3.8) is 0 Å². The smallest absolute Gasteiger partial charge is 0.478 e. The molecular formula is C25H25F3N4O6S. The molecule has 2 aliphatic heterocycles. The van der Waals surface area contributed by atoms with Gasteiger partial charge in [-0.3, -0.25) is 5.32 Å². The summed E-state index contributed by atoms with van der Waals surface area (Å²) in [6.45, 7) is 2.08. The van der Waals surface area contributed by atoms with Crippen LogP contribution in [0.1, 0.15) is 65.0 Å². The lowest BCUT2D eigenvalue weighted by molar-refractivity contribution is -0.274. The summed E-state index contributed by atoms with van der Waals surface area (Å²) in [6.07, 6.45) is -1.11. The number of halogens is 3. The lowest BCUT2D eigenvalue weighted by atomic mass is 10.0. The molecule has 1 unspecified atom stereocenters. The molecule has 2 aliphatic carbocycles. The van der Waals surface area contributed by atoms with E-state index in [1.807, 2.05) is 0 Å². The van der Waals surface area contributed by atoms with E-state index in [2.05, 4.69) is 25.1 Å². The van der Waals surface area contributed by atoms with Crippen LogP contribution < -0.4 is 15.0 Å². The summed E-state index contributed by atoms with van der Waals surface area (Å²) in [5.74, 6) is -0.395. The predicted molar refractivity (Wildman–Crippen MR) is 131 cm³/mol. The number of hydrogen-bond acceptors (Lipinski definition) is 10. The van der Waals surface area contributed by atoms with Crippen molar-refractivity contribution in [1.82, 2.24) is 15.5 Å². The van der Waals surface area contributed by atoms with Crippen LogP contribution in [0.15, 0.2) is 16.7 Å². The van der Waals surface area contributed by atoms with Crippen LogP contribution in [0.5, 0.6) is 5.75 Å². The number of nitrogens with one attached hydrogen (secondary N) is 1. The van der Waals surface area contributed by atoms with Gasteiger partial charge in [0, 0.05) is 30.0 Å². The maximum atomic E-state index is 13.0. The third-order valence-electron chi connectivity index (χ3n) is 7.93. The number of rotatable bonds is 8. The number of carboxylic acids is 1. The minimum Gasteiger partial charge on any atom is -0.478 e. The van der Waals surface area contributed by atoms with Gasteiger partial charge in [0.15, 0.2) is 10.9 Å². The number of anilines is 1. The Labute approximate surface area is 224 Å². The van der Waals surface area contributed by atoms with Crippen LogP contribution in [0.3, 0.4) is 0 Å². The van der Waals surface area contributed by atoms with E-state index in [0.29, 0.717) is 42.2 Å². The first-order valence-electron chi connectivity index (χ1n) is 12.8. The molecule has 2 bridgehead atoms. The molecule has 208 valence electrons. The Morgan fingerprint density at radius 2 is 2.13 bits per heavy atom. The van der Waals surface area contributed by atoms with Crippen LogP contribution in [-0.2, 0) is 16.1 Å². The Morgan fingerprint density at radius 1 is 1.28 bits per heavy atom. The Balaban J connectivity index is 1.07. The average molecular weight is 567 g/mol. The van der Waals surface area contributed by atoms with Gasteiger partial charge in [0.2, 0.25) is 0 Å². The quantitative estimate of drug-likeness (QED) is 0.402. The summed E-state index contributed by atoms with van der Waals surface area (Å²) < 4.78 is 61.1. The molecule has 2 N–H and O–H groups in total. The molecule has 2 aromatic heterocycles. The molecule has 4 heterocycles. The molecule has 1 aromatic carbocycles. The summed E-state index contributed by atoms with van der Waals surface area (Å²) in [4.78, 5) is 18.0. The number of piperidine rings is 1. The van der Waals surface area contributed by atoms with Gasteiger partial charge in [0.1, 0.15) is 17.0 Å². The maximum Gasteiger partial charge on any atom is 0.573 e. The fourth-order valence-electron chi connectivity index (χ4n) is 5.96. The van der Waals surface area contributed by atoms with E-state index in [9.17, 15) is 23.1 Å². The number of carboxylic acid groups (broad SMARTS) is 1. The van der Waals surface area contributed by atoms with Gasteiger partial charge >= 0.3 is 12.3 Å². The summed E-state index contributed by atoms with van der Waals surface area (Å²) in [7, 11) is 0. The highest BCUT2D eigenvalue weighted by molar-refractivity contribution is 7.22. The number of thiazole rings is 1. The fourth-order valence-corrected chi connectivity index (χ4v) is 7.07. The van der Waals surface area contributed by atoms with E-state index in [1.165, 1.54) is 17.4 Å². The van der Waals surface area contributed by atoms with Crippen molar-refractivity contribution in [2.75, 3.05) is 24.8 Å². The highest BCUT2D eigenvalue weighted by Crippen LogP contribution is 2.47. The van der Waals surface area contributed by atoms with Crippen molar-refractivity contribution in [2.24, 2.45) is 5.92 Å². The lowest BCUT2D eigenvalue weighted by Gasteiger charge is -2.31. The largest absolute Gasteiger partial charge is 0.573 e. The maximum absolute atomic E-state index is 13.0. The predicted octanol–water partition coefficient (Wildman–Crippen LogP) is 4.56. The minimum atomic E-state index is -4.96. The molecule has 3 aromatic rings. The Morgan fingerprint density at radius 3 is 2.79 bits per heavy atom. The van der Waals surface area contributed by atoms with Gasteiger partial charge in [0.05, 0.1) is 42.4 Å². The normalized spacial score (nSPS) is 26.7. The number of aromatic carboxylic acids is 1. The highest BCUT2D eigenvalue weighted by atomic mass is 32.1. The molecule has 2 saturated carbocycles. The van der Waals surface area contributed by atoms with Gasteiger partial charge in [-0.25, -0.2) is 9.78 Å². The summed E-state index contributed by atoms with van der Waals surface area (Å²) in [5, 5.41) is 17.5. The van der Waals surface area contributed by atoms with Crippen LogP contribution in [0.4, 0.5) is 18.3 Å². The van der Waals surface area contributed by atoms with E-state index in [1.54, 1.807) is 0 Å². The zero-order valence-corrected chi connectivity index (χ0v) is 21.4. The summed E-state index contributed by atoms with van der Waals surface area (Å²) in [5.41, 5.74) is 1.58. The fraction of sp³-hybridized carbons (Fsp3) is 0.560. The standard InChI is InChI=1S/C25H25F3N4O6S/c26-25(27,28)37-18-4-12(23(33)34)5-19-21(18)30-24(39-19)32-7-13-3-14(32)6-17(13)36-8-15-20(16-9-35-10-29-16)31-38-22(15)11-1-2-11/h4-5,11,13-14,16-17,29H,1-3,6-10H2,(H,33,34)/t13-,14-,16?,17+/m0/s1. The monoisotopic (exact) mass is 566 g/mol. The van der Waals surface area contributed by atoms with Crippen molar-refractivity contribution < 1.29 is 41.8 Å². The molecule has 2 saturated heterocycles. The van der Waals surface area contributed by atoms with Gasteiger partial charge < -0.3 is 28.7 Å². The van der Waals surface area contributed by atoms with Gasteiger partial charge in [-0.15, -0.1) is 13.2 Å². The minimum absolute atomic E-state index is 0.00462. The highest BCUT2D eigenvalue weighted by Gasteiger charge is 2.47. The molecule has 0 spiro atoms. The number of benzene rings is 1. The Bertz CT molecular complexity index is 1420. The van der Waals surface area contributed by atoms with E-state index in [-0.39, 0.29) is 35.2 Å². The SMILES string of the molecule is O=C(O)c1cc(OC(F)(F)F)c2nc(N3C[C@@H]4C[C@H]3C[C@H]4OCc3c(C4COCN4)noc3C3CC3)sc2c1. The molecule has 7 rings (SSSR count). The van der Waals surface area contributed by atoms with E-state index in [4.69, 9.17) is 14.0 Å². The first kappa shape index (κ1) is 25.1. The second-order valence-electron chi connectivity index (χ2n) is 10.5. The molecule has 0 amide bonds. The summed E-state index contributed by atoms with van der Waals surface area (Å²) in [6, 6.07) is 2.31. The number of alkyl halides is 3. The van der Waals surface area contributed by atoms with Gasteiger partial charge in [0.25, 0.3) is 0 Å². The number of hydrogen-bond donors (Lipinski definition) is 2. The first-order chi connectivity index (χ1) is 18.7. The number of fused-ring (bicyclic) bond motifs is 3. The van der Waals surface area contributed by atoms with Crippen molar-refractivity contribution >= 4 is 32.7 Å². The van der Waals surface area contributed by atoms with Crippen molar-refractivity contribution in [3.05, 3.63) is 34.7 Å². The van der Waals surface area contributed by atoms with E-state index < -0.39 is 18.1 Å². The zero-order chi connectivity index (χ0) is 26.9. The topological polar surface area (TPSA) is 119 Å². The lowest BCUT2D eigenvalue weighted by Crippen LogP contribution is -2.38. The van der Waals surface area contributed by atoms with Gasteiger partial charge in [-0.2, -0.15) is 0 Å². The molecule has 39 heavy (non-hydrogen) atoms. The molecular weight excluding hydrogens is 541 g/mol. The second-order valence-corrected chi connectivity index (χ2v) is 11.5. The Kier molecular flexibility index (Phi) is 5.99. The third kappa shape index (κ3) is 4.72. The third-order valence-corrected chi connectivity index (χ3v) is 8.97. The van der Waals surface area contributed by atoms with Crippen LogP contribution in [0.2, 0.25) is 0 Å². The van der Waals surface area contributed by atoms with Crippen LogP contribution >= 0.6 is 11.3 Å². The van der Waals surface area contributed by atoms with E-state index in [0.717, 1.165) is 48.8 Å². The molecule has 0 radical (unpaired) electrons. The number of nitrogens with zero attached hydrogens (tertiary/aromatic N) is 3. The van der Waals surface area contributed by atoms with Crippen molar-refractivity contribution in [2.45, 2.75) is 62.8 Å². The molecule has 4 aliphatic rings. The number of ether oxygens (including phenoxy) is 3. The molecule has 14 heteroatoms. The zero-order valence-electron chi connectivity index (χ0n) is 20.6. The molecule has 10 nitrogen and oxygen atoms in total. The van der Waals surface area contributed by atoms with Crippen LogP contribution in [-0.4, -0.2) is 59.6 Å². The number of carbonyl (C=O) groups is 1. The second kappa shape index (κ2) is 9.32. The van der Waals surface area contributed by atoms with Crippen LogP contribution in [0, 0.1) is 5.92 Å². The van der Waals surface area contributed by atoms with Crippen molar-refractivity contribution in [3.8, 4) is 5.75 Å². The van der Waals surface area contributed by atoms with Crippen LogP contribution in [0.25, 0.3) is 10.2 Å². The number of aromatic nitrogens is 2. The first-order valence-corrected chi connectivity index (χ1v) is 13.7.